The van der Waals surface area contributed by atoms with E-state index in [2.05, 4.69) is 27.7 Å². The highest BCUT2D eigenvalue weighted by molar-refractivity contribution is 4.90. The number of hydrogen-bond acceptors (Lipinski definition) is 1. The van der Waals surface area contributed by atoms with Gasteiger partial charge in [0.15, 0.2) is 0 Å². The topological polar surface area (TPSA) is 26.0 Å². The maximum absolute atomic E-state index is 7.20. The van der Waals surface area contributed by atoms with Gasteiger partial charge in [-0.15, -0.1) is 0 Å². The third-order valence-corrected chi connectivity index (χ3v) is 7.20. The smallest absolute Gasteiger partial charge is 0.0182 e. The van der Waals surface area contributed by atoms with Crippen molar-refractivity contribution in [2.75, 3.05) is 0 Å². The lowest BCUT2D eigenvalue weighted by atomic mass is 9.73. The van der Waals surface area contributed by atoms with Gasteiger partial charge in [-0.05, 0) is 25.2 Å². The van der Waals surface area contributed by atoms with Crippen molar-refractivity contribution >= 4 is 0 Å². The van der Waals surface area contributed by atoms with Crippen LogP contribution in [0.4, 0.5) is 0 Å². The minimum Gasteiger partial charge on any atom is -0.325 e. The summed E-state index contributed by atoms with van der Waals surface area (Å²) in [6, 6.07) is 0. The lowest BCUT2D eigenvalue weighted by Gasteiger charge is -2.38. The molecule has 1 unspecified atom stereocenters. The average Bonchev–Trinajstić information content (AvgIpc) is 2.72. The Morgan fingerprint density at radius 1 is 0.483 bits per heavy atom. The van der Waals surface area contributed by atoms with E-state index in [1.807, 2.05) is 0 Å². The Morgan fingerprint density at radius 3 is 1.21 bits per heavy atom. The summed E-state index contributed by atoms with van der Waals surface area (Å²) < 4.78 is 0. The molecule has 0 saturated heterocycles. The highest BCUT2D eigenvalue weighted by Gasteiger charge is 2.32. The van der Waals surface area contributed by atoms with Crippen molar-refractivity contribution in [1.82, 2.24) is 0 Å². The van der Waals surface area contributed by atoms with E-state index in [4.69, 9.17) is 5.73 Å². The number of nitrogens with two attached hydrogens (primary N) is 1. The third-order valence-electron chi connectivity index (χ3n) is 7.20. The van der Waals surface area contributed by atoms with Gasteiger partial charge in [-0.1, -0.05) is 150 Å². The van der Waals surface area contributed by atoms with Crippen LogP contribution < -0.4 is 5.73 Å². The summed E-state index contributed by atoms with van der Waals surface area (Å²) in [5.74, 6) is 0.736. The van der Waals surface area contributed by atoms with Gasteiger partial charge in [0.2, 0.25) is 0 Å². The quantitative estimate of drug-likeness (QED) is 0.167. The summed E-state index contributed by atoms with van der Waals surface area (Å²) in [5.41, 5.74) is 7.30. The Bertz CT molecular complexity index is 295. The van der Waals surface area contributed by atoms with E-state index in [1.165, 1.54) is 141 Å². The summed E-state index contributed by atoms with van der Waals surface area (Å²) in [6.45, 7) is 9.31. The van der Waals surface area contributed by atoms with Gasteiger partial charge in [0.05, 0.1) is 0 Å². The summed E-state index contributed by atoms with van der Waals surface area (Å²) in [5, 5.41) is 0. The fourth-order valence-electron chi connectivity index (χ4n) is 5.07. The molecule has 0 amide bonds. The molecule has 176 valence electrons. The monoisotopic (exact) mass is 409 g/mol. The molecule has 0 radical (unpaired) electrons. The van der Waals surface area contributed by atoms with Crippen molar-refractivity contribution < 1.29 is 0 Å². The van der Waals surface area contributed by atoms with E-state index in [0.29, 0.717) is 0 Å². The highest BCUT2D eigenvalue weighted by atomic mass is 14.8. The maximum Gasteiger partial charge on any atom is 0.0182 e. The van der Waals surface area contributed by atoms with Gasteiger partial charge in [-0.25, -0.2) is 0 Å². The fraction of sp³-hybridized carbons (Fsp3) is 1.00. The summed E-state index contributed by atoms with van der Waals surface area (Å²) in [4.78, 5) is 0. The Kier molecular flexibility index (Phi) is 21.2. The van der Waals surface area contributed by atoms with Crippen molar-refractivity contribution in [3.8, 4) is 0 Å². The minimum atomic E-state index is 0.105. The predicted octanol–water partition coefficient (Wildman–Crippen LogP) is 9.96. The van der Waals surface area contributed by atoms with Gasteiger partial charge in [0, 0.05) is 5.54 Å². The molecule has 0 rings (SSSR count). The van der Waals surface area contributed by atoms with Crippen LogP contribution in [0.5, 0.6) is 0 Å². The van der Waals surface area contributed by atoms with Crippen LogP contribution in [0.2, 0.25) is 0 Å². The summed E-state index contributed by atoms with van der Waals surface area (Å²) in [7, 11) is 0. The van der Waals surface area contributed by atoms with Gasteiger partial charge in [0.1, 0.15) is 0 Å². The van der Waals surface area contributed by atoms with E-state index < -0.39 is 0 Å². The first-order chi connectivity index (χ1) is 14.1. The zero-order valence-corrected chi connectivity index (χ0v) is 21.2. The van der Waals surface area contributed by atoms with Gasteiger partial charge in [-0.2, -0.15) is 0 Å². The Balaban J connectivity index is 4.45. The zero-order valence-electron chi connectivity index (χ0n) is 21.2. The van der Waals surface area contributed by atoms with Crippen molar-refractivity contribution in [3.63, 3.8) is 0 Å². The molecule has 0 aliphatic rings. The van der Waals surface area contributed by atoms with E-state index >= 15 is 0 Å². The molecule has 0 aliphatic heterocycles. The van der Waals surface area contributed by atoms with Gasteiger partial charge >= 0.3 is 0 Å². The molecule has 1 nitrogen and oxygen atoms in total. The van der Waals surface area contributed by atoms with Crippen LogP contribution in [0.15, 0.2) is 0 Å². The maximum atomic E-state index is 7.20. The van der Waals surface area contributed by atoms with Crippen LogP contribution in [0.25, 0.3) is 0 Å². The van der Waals surface area contributed by atoms with Crippen molar-refractivity contribution in [2.45, 2.75) is 174 Å². The molecule has 0 aromatic rings. The van der Waals surface area contributed by atoms with Crippen LogP contribution in [0.3, 0.4) is 0 Å². The Morgan fingerprint density at radius 2 is 0.828 bits per heavy atom. The molecule has 0 aromatic heterocycles. The van der Waals surface area contributed by atoms with Crippen molar-refractivity contribution in [1.29, 1.82) is 0 Å². The first-order valence-corrected chi connectivity index (χ1v) is 13.9. The molecule has 0 bridgehead atoms. The van der Waals surface area contributed by atoms with Crippen LogP contribution in [0.1, 0.15) is 169 Å². The lowest BCUT2D eigenvalue weighted by Crippen LogP contribution is -2.47. The number of rotatable bonds is 23. The molecular weight excluding hydrogens is 350 g/mol. The first-order valence-electron chi connectivity index (χ1n) is 13.9. The van der Waals surface area contributed by atoms with Gasteiger partial charge in [0.25, 0.3) is 0 Å². The minimum absolute atomic E-state index is 0.105. The van der Waals surface area contributed by atoms with Crippen LogP contribution in [-0.4, -0.2) is 5.54 Å². The Hall–Kier alpha value is -0.0400. The van der Waals surface area contributed by atoms with Gasteiger partial charge < -0.3 is 5.73 Å². The van der Waals surface area contributed by atoms with Crippen molar-refractivity contribution in [2.24, 2.45) is 11.7 Å². The number of hydrogen-bond donors (Lipinski definition) is 1. The summed E-state index contributed by atoms with van der Waals surface area (Å²) >= 11 is 0. The average molecular weight is 410 g/mol. The predicted molar refractivity (Wildman–Crippen MR) is 135 cm³/mol. The molecule has 2 N–H and O–H groups in total. The fourth-order valence-corrected chi connectivity index (χ4v) is 5.07. The second kappa shape index (κ2) is 21.2. The largest absolute Gasteiger partial charge is 0.325 e. The van der Waals surface area contributed by atoms with E-state index in [-0.39, 0.29) is 5.54 Å². The number of unbranched alkanes of at least 4 members (excludes halogenated alkanes) is 15. The molecule has 0 spiro atoms. The Labute approximate surface area is 186 Å². The molecule has 0 aliphatic carbocycles. The molecule has 0 heterocycles. The lowest BCUT2D eigenvalue weighted by molar-refractivity contribution is 0.199. The molecule has 0 aromatic carbocycles. The van der Waals surface area contributed by atoms with Crippen LogP contribution in [0, 0.1) is 5.92 Å². The summed E-state index contributed by atoms with van der Waals surface area (Å²) in [6.07, 6.45) is 30.2. The van der Waals surface area contributed by atoms with Crippen LogP contribution >= 0.6 is 0 Å². The molecule has 0 saturated carbocycles. The van der Waals surface area contributed by atoms with Crippen LogP contribution in [-0.2, 0) is 0 Å². The zero-order chi connectivity index (χ0) is 21.6. The second-order valence-electron chi connectivity index (χ2n) is 9.93. The molecule has 1 heteroatoms. The normalized spacial score (nSPS) is 13.1. The molecule has 0 fully saturated rings. The van der Waals surface area contributed by atoms with E-state index in [1.54, 1.807) is 0 Å². The molecule has 29 heavy (non-hydrogen) atoms. The van der Waals surface area contributed by atoms with Gasteiger partial charge in [-0.3, -0.25) is 0 Å². The highest BCUT2D eigenvalue weighted by Crippen LogP contribution is 2.34. The van der Waals surface area contributed by atoms with Crippen molar-refractivity contribution in [3.05, 3.63) is 0 Å². The third kappa shape index (κ3) is 16.3. The van der Waals surface area contributed by atoms with E-state index in [0.717, 1.165) is 5.92 Å². The first kappa shape index (κ1) is 29.0. The molecular formula is C28H59N. The second-order valence-corrected chi connectivity index (χ2v) is 9.93. The SMILES string of the molecule is CCCCCCCCC(CC)C(N)(CCCCCCCC)CCCCCCCC. The molecule has 1 atom stereocenters. The standard InChI is InChI=1S/C28H59N/c1-5-9-12-15-18-21-24-27(8-4)28(29,25-22-19-16-13-10-6-2)26-23-20-17-14-11-7-3/h27H,5-26,29H2,1-4H3. The van der Waals surface area contributed by atoms with E-state index in [9.17, 15) is 0 Å².